The zero-order valence-corrected chi connectivity index (χ0v) is 18.1. The second-order valence-electron chi connectivity index (χ2n) is 8.45. The van der Waals surface area contributed by atoms with Crippen molar-refractivity contribution in [2.24, 2.45) is 11.8 Å². The first kappa shape index (κ1) is 24.2. The molecule has 0 radical (unpaired) electrons. The lowest BCUT2D eigenvalue weighted by Crippen LogP contribution is -2.56. The zero-order chi connectivity index (χ0) is 22.4. The Morgan fingerprint density at radius 1 is 1.27 bits per heavy atom. The van der Waals surface area contributed by atoms with Gasteiger partial charge >= 0.3 is 7.12 Å². The van der Waals surface area contributed by atoms with Gasteiger partial charge in [-0.05, 0) is 61.3 Å². The van der Waals surface area contributed by atoms with Crippen molar-refractivity contribution in [3.05, 3.63) is 28.8 Å². The number of hydrogen-bond donors (Lipinski definition) is 5. The maximum Gasteiger partial charge on any atom is 0.475 e. The number of hydrogen-bond acceptors (Lipinski definition) is 6. The van der Waals surface area contributed by atoms with E-state index in [0.717, 1.165) is 23.3 Å². The maximum absolute atomic E-state index is 12.8. The van der Waals surface area contributed by atoms with Crippen LogP contribution in [0.4, 0.5) is 0 Å². The monoisotopic (exact) mass is 420 g/mol. The van der Waals surface area contributed by atoms with E-state index in [9.17, 15) is 24.7 Å². The molecule has 30 heavy (non-hydrogen) atoms. The van der Waals surface area contributed by atoms with Crippen LogP contribution in [0.1, 0.15) is 43.4 Å². The SMILES string of the molecule is COc1cc(C)cc2c1CC(C(=O)N[C@@H](CO)C(=O)N[C@@H](CC(C)C)B(O)O)CC2. The number of ether oxygens (including phenoxy) is 1. The van der Waals surface area contributed by atoms with Crippen LogP contribution in [0, 0.1) is 18.8 Å². The van der Waals surface area contributed by atoms with E-state index < -0.39 is 31.6 Å². The van der Waals surface area contributed by atoms with Gasteiger partial charge in [0.25, 0.3) is 0 Å². The quantitative estimate of drug-likeness (QED) is 0.362. The normalized spacial score (nSPS) is 17.7. The van der Waals surface area contributed by atoms with Crippen molar-refractivity contribution in [2.45, 2.75) is 58.4 Å². The summed E-state index contributed by atoms with van der Waals surface area (Å²) in [4.78, 5) is 25.3. The molecule has 0 aliphatic heterocycles. The minimum Gasteiger partial charge on any atom is -0.496 e. The van der Waals surface area contributed by atoms with Gasteiger partial charge in [-0.25, -0.2) is 0 Å². The van der Waals surface area contributed by atoms with Crippen molar-refractivity contribution >= 4 is 18.9 Å². The molecular formula is C21H33BN2O6. The summed E-state index contributed by atoms with van der Waals surface area (Å²) < 4.78 is 5.48. The lowest BCUT2D eigenvalue weighted by Gasteiger charge is -2.28. The molecule has 1 aromatic rings. The van der Waals surface area contributed by atoms with Crippen molar-refractivity contribution in [2.75, 3.05) is 13.7 Å². The van der Waals surface area contributed by atoms with Crippen LogP contribution in [0.5, 0.6) is 5.75 Å². The molecular weight excluding hydrogens is 387 g/mol. The number of aliphatic hydroxyl groups excluding tert-OH is 1. The number of benzene rings is 1. The number of carbonyl (C=O) groups is 2. The van der Waals surface area contributed by atoms with Crippen molar-refractivity contribution in [3.63, 3.8) is 0 Å². The Bertz CT molecular complexity index is 738. The molecule has 0 saturated heterocycles. The molecule has 9 heteroatoms. The molecule has 0 heterocycles. The largest absolute Gasteiger partial charge is 0.496 e. The number of rotatable bonds is 9. The number of amides is 2. The first-order valence-corrected chi connectivity index (χ1v) is 10.4. The molecule has 0 spiro atoms. The smallest absolute Gasteiger partial charge is 0.475 e. The Morgan fingerprint density at radius 3 is 2.53 bits per heavy atom. The Balaban J connectivity index is 2.04. The summed E-state index contributed by atoms with van der Waals surface area (Å²) in [6, 6.07) is 2.88. The molecule has 2 rings (SSSR count). The second-order valence-corrected chi connectivity index (χ2v) is 8.45. The van der Waals surface area contributed by atoms with E-state index in [1.807, 2.05) is 26.8 Å². The highest BCUT2D eigenvalue weighted by Gasteiger charge is 2.32. The van der Waals surface area contributed by atoms with Gasteiger partial charge in [0.15, 0.2) is 0 Å². The van der Waals surface area contributed by atoms with E-state index in [-0.39, 0.29) is 17.7 Å². The van der Waals surface area contributed by atoms with Gasteiger partial charge in [0, 0.05) is 5.92 Å². The molecule has 5 N–H and O–H groups in total. The predicted molar refractivity (Wildman–Crippen MR) is 114 cm³/mol. The third-order valence-electron chi connectivity index (χ3n) is 5.48. The zero-order valence-electron chi connectivity index (χ0n) is 18.1. The van der Waals surface area contributed by atoms with Gasteiger partial charge in [0.1, 0.15) is 11.8 Å². The summed E-state index contributed by atoms with van der Waals surface area (Å²) in [5.41, 5.74) is 3.27. The molecule has 8 nitrogen and oxygen atoms in total. The third kappa shape index (κ3) is 6.20. The number of aliphatic hydroxyl groups is 1. The van der Waals surface area contributed by atoms with Crippen molar-refractivity contribution in [3.8, 4) is 5.75 Å². The fourth-order valence-electron chi connectivity index (χ4n) is 3.92. The molecule has 1 aliphatic rings. The number of nitrogens with one attached hydrogen (secondary N) is 2. The molecule has 0 fully saturated rings. The van der Waals surface area contributed by atoms with Gasteiger partial charge in [-0.1, -0.05) is 19.9 Å². The van der Waals surface area contributed by atoms with E-state index in [0.29, 0.717) is 19.3 Å². The standard InChI is InChI=1S/C21H33BN2O6/c1-12(2)7-19(22(28)29)24-21(27)17(11-25)23-20(26)15-6-5-14-8-13(3)9-18(30-4)16(14)10-15/h8-9,12,15,17,19,25,28-29H,5-7,10-11H2,1-4H3,(H,23,26)(H,24,27)/t15?,17-,19-/m0/s1. The minimum atomic E-state index is -1.72. The van der Waals surface area contributed by atoms with Crippen LogP contribution in [0.3, 0.4) is 0 Å². The van der Waals surface area contributed by atoms with Crippen molar-refractivity contribution < 1.29 is 29.5 Å². The van der Waals surface area contributed by atoms with E-state index in [4.69, 9.17) is 4.74 Å². The minimum absolute atomic E-state index is 0.125. The van der Waals surface area contributed by atoms with E-state index in [2.05, 4.69) is 16.7 Å². The summed E-state index contributed by atoms with van der Waals surface area (Å²) in [6.07, 6.45) is 2.22. The first-order chi connectivity index (χ1) is 14.2. The maximum atomic E-state index is 12.8. The summed E-state index contributed by atoms with van der Waals surface area (Å²) in [5, 5.41) is 33.7. The Morgan fingerprint density at radius 2 is 1.97 bits per heavy atom. The van der Waals surface area contributed by atoms with Gasteiger partial charge in [0.05, 0.1) is 19.7 Å². The summed E-state index contributed by atoms with van der Waals surface area (Å²) in [6.45, 7) is 5.20. The van der Waals surface area contributed by atoms with Crippen LogP contribution in [-0.4, -0.2) is 59.8 Å². The number of aryl methyl sites for hydroxylation is 2. The highest BCUT2D eigenvalue weighted by Crippen LogP contribution is 2.33. The fourth-order valence-corrected chi connectivity index (χ4v) is 3.92. The number of carbonyl (C=O) groups excluding carboxylic acids is 2. The molecule has 0 aromatic heterocycles. The van der Waals surface area contributed by atoms with E-state index in [1.165, 1.54) is 5.56 Å². The summed E-state index contributed by atoms with van der Waals surface area (Å²) >= 11 is 0. The van der Waals surface area contributed by atoms with Gasteiger partial charge in [0.2, 0.25) is 11.8 Å². The van der Waals surface area contributed by atoms with Crippen LogP contribution in [-0.2, 0) is 22.4 Å². The molecule has 0 bridgehead atoms. The Labute approximate surface area is 178 Å². The average Bonchev–Trinajstić information content (AvgIpc) is 2.69. The lowest BCUT2D eigenvalue weighted by atomic mass is 9.75. The number of fused-ring (bicyclic) bond motifs is 1. The van der Waals surface area contributed by atoms with Crippen LogP contribution in [0.2, 0.25) is 0 Å². The Hall–Kier alpha value is -2.10. The molecule has 1 unspecified atom stereocenters. The molecule has 0 saturated carbocycles. The van der Waals surface area contributed by atoms with Gasteiger partial charge in [-0.3, -0.25) is 9.59 Å². The van der Waals surface area contributed by atoms with Gasteiger partial charge in [-0.2, -0.15) is 0 Å². The third-order valence-corrected chi connectivity index (χ3v) is 5.48. The summed E-state index contributed by atoms with van der Waals surface area (Å²) in [7, 11) is -0.120. The molecule has 166 valence electrons. The highest BCUT2D eigenvalue weighted by atomic mass is 16.5. The molecule has 1 aromatic carbocycles. The second kappa shape index (κ2) is 10.8. The average molecular weight is 420 g/mol. The van der Waals surface area contributed by atoms with Crippen molar-refractivity contribution in [1.29, 1.82) is 0 Å². The van der Waals surface area contributed by atoms with E-state index in [1.54, 1.807) is 7.11 Å². The van der Waals surface area contributed by atoms with Gasteiger partial charge < -0.3 is 30.5 Å². The highest BCUT2D eigenvalue weighted by molar-refractivity contribution is 6.43. The van der Waals surface area contributed by atoms with Crippen LogP contribution < -0.4 is 15.4 Å². The molecule has 1 aliphatic carbocycles. The summed E-state index contributed by atoms with van der Waals surface area (Å²) in [5.74, 6) is -1.30. The molecule has 3 atom stereocenters. The van der Waals surface area contributed by atoms with E-state index >= 15 is 0 Å². The van der Waals surface area contributed by atoms with Crippen LogP contribution >= 0.6 is 0 Å². The first-order valence-electron chi connectivity index (χ1n) is 10.4. The van der Waals surface area contributed by atoms with Crippen LogP contribution in [0.15, 0.2) is 12.1 Å². The topological polar surface area (TPSA) is 128 Å². The van der Waals surface area contributed by atoms with Crippen molar-refractivity contribution in [1.82, 2.24) is 10.6 Å². The molecule has 2 amide bonds. The fraction of sp³-hybridized carbons (Fsp3) is 0.619. The predicted octanol–water partition coefficient (Wildman–Crippen LogP) is 0.129. The van der Waals surface area contributed by atoms with Crippen LogP contribution in [0.25, 0.3) is 0 Å². The van der Waals surface area contributed by atoms with Gasteiger partial charge in [-0.15, -0.1) is 0 Å². The lowest BCUT2D eigenvalue weighted by molar-refractivity contribution is -0.132. The Kier molecular flexibility index (Phi) is 8.70. The number of methoxy groups -OCH3 is 1.